The molecular weight excluding hydrogens is 272 g/mol. The van der Waals surface area contributed by atoms with Crippen molar-refractivity contribution in [2.45, 2.75) is 6.17 Å². The number of pyridine rings is 1. The Morgan fingerprint density at radius 3 is 2.90 bits per heavy atom. The van der Waals surface area contributed by atoms with Crippen LogP contribution in [-0.2, 0) is 0 Å². The molecule has 1 saturated heterocycles. The van der Waals surface area contributed by atoms with Crippen LogP contribution < -0.4 is 4.84 Å². The number of fused-ring (bicyclic) bond motifs is 1. The summed E-state index contributed by atoms with van der Waals surface area (Å²) in [5.74, 6) is 0.380. The molecule has 21 heavy (non-hydrogen) atoms. The quantitative estimate of drug-likeness (QED) is 0.627. The van der Waals surface area contributed by atoms with E-state index in [1.807, 2.05) is 42.3 Å². The molecule has 7 heteroatoms. The normalized spacial score (nSPS) is 20.5. The summed E-state index contributed by atoms with van der Waals surface area (Å²) < 4.78 is 0. The van der Waals surface area contributed by atoms with Crippen LogP contribution in [0.2, 0.25) is 0 Å². The first kappa shape index (κ1) is 13.7. The zero-order valence-corrected chi connectivity index (χ0v) is 11.7. The standard InChI is InChI=1S/C14H16N4O3/c1-16-8-9-17(14(10-16)18(19)20)21-13-7-6-11-4-2-3-5-12(11)15-13/h2-7,14H,8-10H2,1H3. The second kappa shape index (κ2) is 5.63. The van der Waals surface area contributed by atoms with E-state index in [9.17, 15) is 10.1 Å². The Kier molecular flexibility index (Phi) is 3.68. The number of hydrogen-bond donors (Lipinski definition) is 0. The van der Waals surface area contributed by atoms with Gasteiger partial charge in [-0.25, -0.2) is 4.98 Å². The molecule has 0 radical (unpaired) electrons. The number of aromatic nitrogens is 1. The van der Waals surface area contributed by atoms with E-state index >= 15 is 0 Å². The molecule has 0 spiro atoms. The van der Waals surface area contributed by atoms with Gasteiger partial charge in [0.05, 0.1) is 18.6 Å². The third kappa shape index (κ3) is 2.93. The number of hydrogen-bond acceptors (Lipinski definition) is 6. The molecule has 2 heterocycles. The second-order valence-electron chi connectivity index (χ2n) is 5.10. The zero-order chi connectivity index (χ0) is 14.8. The van der Waals surface area contributed by atoms with E-state index < -0.39 is 6.17 Å². The molecule has 0 bridgehead atoms. The molecule has 0 amide bonds. The number of rotatable bonds is 3. The fourth-order valence-corrected chi connectivity index (χ4v) is 2.38. The van der Waals surface area contributed by atoms with Crippen LogP contribution in [0.15, 0.2) is 36.4 Å². The number of nitro groups is 1. The molecular formula is C14H16N4O3. The number of piperazine rings is 1. The van der Waals surface area contributed by atoms with E-state index in [0.29, 0.717) is 19.0 Å². The van der Waals surface area contributed by atoms with Crippen molar-refractivity contribution in [3.63, 3.8) is 0 Å². The fraction of sp³-hybridized carbons (Fsp3) is 0.357. The molecule has 1 unspecified atom stereocenters. The summed E-state index contributed by atoms with van der Waals surface area (Å²) in [6, 6.07) is 11.3. The summed E-state index contributed by atoms with van der Waals surface area (Å²) in [4.78, 5) is 22.8. The number of hydroxylamine groups is 2. The van der Waals surface area contributed by atoms with Crippen molar-refractivity contribution in [2.24, 2.45) is 0 Å². The molecule has 0 N–H and O–H groups in total. The first-order valence-electron chi connectivity index (χ1n) is 6.76. The minimum atomic E-state index is -0.878. The van der Waals surface area contributed by atoms with Crippen LogP contribution in [0.3, 0.4) is 0 Å². The van der Waals surface area contributed by atoms with Gasteiger partial charge in [-0.3, -0.25) is 15.0 Å². The van der Waals surface area contributed by atoms with Crippen LogP contribution in [0.5, 0.6) is 5.88 Å². The van der Waals surface area contributed by atoms with Gasteiger partial charge in [0.2, 0.25) is 5.88 Å². The van der Waals surface area contributed by atoms with Gasteiger partial charge < -0.3 is 4.84 Å². The molecule has 1 aliphatic rings. The van der Waals surface area contributed by atoms with Crippen LogP contribution in [-0.4, -0.2) is 52.7 Å². The Bertz CT molecular complexity index is 663. The summed E-state index contributed by atoms with van der Waals surface area (Å²) in [5.41, 5.74) is 0.807. The predicted octanol–water partition coefficient (Wildman–Crippen LogP) is 1.38. The highest BCUT2D eigenvalue weighted by molar-refractivity contribution is 5.78. The van der Waals surface area contributed by atoms with E-state index in [2.05, 4.69) is 4.98 Å². The van der Waals surface area contributed by atoms with Crippen molar-refractivity contribution < 1.29 is 9.76 Å². The molecule has 1 atom stereocenters. The van der Waals surface area contributed by atoms with Gasteiger partial charge in [-0.15, -0.1) is 0 Å². The van der Waals surface area contributed by atoms with E-state index in [1.165, 1.54) is 5.06 Å². The van der Waals surface area contributed by atoms with Gasteiger partial charge >= 0.3 is 6.17 Å². The van der Waals surface area contributed by atoms with Crippen LogP contribution >= 0.6 is 0 Å². The van der Waals surface area contributed by atoms with Gasteiger partial charge in [-0.05, 0) is 19.2 Å². The molecule has 3 rings (SSSR count). The van der Waals surface area contributed by atoms with Gasteiger partial charge in [0, 0.05) is 22.9 Å². The topological polar surface area (TPSA) is 71.7 Å². The largest absolute Gasteiger partial charge is 0.379 e. The number of nitrogens with zero attached hydrogens (tertiary/aromatic N) is 4. The minimum absolute atomic E-state index is 0.323. The highest BCUT2D eigenvalue weighted by Crippen LogP contribution is 2.19. The lowest BCUT2D eigenvalue weighted by Crippen LogP contribution is -2.56. The summed E-state index contributed by atoms with van der Waals surface area (Å²) in [7, 11) is 1.86. The van der Waals surface area contributed by atoms with Crippen molar-refractivity contribution in [1.29, 1.82) is 0 Å². The van der Waals surface area contributed by atoms with Crippen LogP contribution in [0, 0.1) is 10.1 Å². The molecule has 0 aliphatic carbocycles. The van der Waals surface area contributed by atoms with Crippen LogP contribution in [0.25, 0.3) is 10.9 Å². The van der Waals surface area contributed by atoms with Gasteiger partial charge in [0.1, 0.15) is 0 Å². The zero-order valence-electron chi connectivity index (χ0n) is 11.7. The van der Waals surface area contributed by atoms with Gasteiger partial charge in [-0.2, -0.15) is 0 Å². The lowest BCUT2D eigenvalue weighted by Gasteiger charge is -2.33. The highest BCUT2D eigenvalue weighted by Gasteiger charge is 2.36. The van der Waals surface area contributed by atoms with Crippen molar-refractivity contribution in [1.82, 2.24) is 14.9 Å². The SMILES string of the molecule is CN1CCN(Oc2ccc3ccccc3n2)C([N+](=O)[O-])C1. The lowest BCUT2D eigenvalue weighted by atomic mass is 10.2. The van der Waals surface area contributed by atoms with Crippen LogP contribution in [0.1, 0.15) is 0 Å². The van der Waals surface area contributed by atoms with Crippen molar-refractivity contribution in [3.05, 3.63) is 46.5 Å². The maximum atomic E-state index is 11.1. The minimum Gasteiger partial charge on any atom is -0.379 e. The maximum absolute atomic E-state index is 11.1. The summed E-state index contributed by atoms with van der Waals surface area (Å²) in [6.07, 6.45) is -0.878. The molecule has 1 fully saturated rings. The number of benzene rings is 1. The fourth-order valence-electron chi connectivity index (χ4n) is 2.38. The van der Waals surface area contributed by atoms with Gasteiger partial charge in [-0.1, -0.05) is 23.3 Å². The Hall–Kier alpha value is -2.25. The maximum Gasteiger partial charge on any atom is 0.310 e. The molecule has 2 aromatic rings. The molecule has 7 nitrogen and oxygen atoms in total. The van der Waals surface area contributed by atoms with E-state index in [1.54, 1.807) is 6.07 Å². The first-order valence-corrected chi connectivity index (χ1v) is 6.76. The summed E-state index contributed by atoms with van der Waals surface area (Å²) in [6.45, 7) is 1.52. The average Bonchev–Trinajstić information content (AvgIpc) is 2.49. The average molecular weight is 288 g/mol. The Morgan fingerprint density at radius 1 is 1.29 bits per heavy atom. The molecule has 1 aromatic heterocycles. The van der Waals surface area contributed by atoms with E-state index in [-0.39, 0.29) is 4.92 Å². The lowest BCUT2D eigenvalue weighted by molar-refractivity contribution is -0.573. The van der Waals surface area contributed by atoms with E-state index in [4.69, 9.17) is 4.84 Å². The third-order valence-electron chi connectivity index (χ3n) is 3.54. The summed E-state index contributed by atoms with van der Waals surface area (Å²) in [5, 5.41) is 13.6. The highest BCUT2D eigenvalue weighted by atomic mass is 16.7. The Labute approximate surface area is 121 Å². The van der Waals surface area contributed by atoms with Gasteiger partial charge in [0.25, 0.3) is 0 Å². The molecule has 1 aliphatic heterocycles. The van der Waals surface area contributed by atoms with Crippen molar-refractivity contribution >= 4 is 10.9 Å². The number of likely N-dealkylation sites (N-methyl/N-ethyl adjacent to an activating group) is 1. The Balaban J connectivity index is 1.81. The second-order valence-corrected chi connectivity index (χ2v) is 5.10. The Morgan fingerprint density at radius 2 is 2.10 bits per heavy atom. The predicted molar refractivity (Wildman–Crippen MR) is 77.4 cm³/mol. The number of para-hydroxylation sites is 1. The monoisotopic (exact) mass is 288 g/mol. The van der Waals surface area contributed by atoms with Crippen molar-refractivity contribution in [2.75, 3.05) is 26.7 Å². The van der Waals surface area contributed by atoms with Crippen LogP contribution in [0.4, 0.5) is 0 Å². The smallest absolute Gasteiger partial charge is 0.310 e. The van der Waals surface area contributed by atoms with Gasteiger partial charge in [0.15, 0.2) is 0 Å². The van der Waals surface area contributed by atoms with Crippen molar-refractivity contribution in [3.8, 4) is 5.88 Å². The molecule has 110 valence electrons. The first-order chi connectivity index (χ1) is 10.1. The van der Waals surface area contributed by atoms with E-state index in [0.717, 1.165) is 17.4 Å². The molecule has 0 saturated carbocycles. The molecule has 1 aromatic carbocycles. The summed E-state index contributed by atoms with van der Waals surface area (Å²) >= 11 is 0. The third-order valence-corrected chi connectivity index (χ3v) is 3.54.